The van der Waals surface area contributed by atoms with Crippen molar-refractivity contribution in [2.24, 2.45) is 0 Å². The topological polar surface area (TPSA) is 78.9 Å². The zero-order chi connectivity index (χ0) is 48.6. The number of carbonyl (C=O) groups excluding carboxylic acids is 3. The lowest BCUT2D eigenvalue weighted by Crippen LogP contribution is -2.30. The number of allylic oxidation sites excluding steroid dienone is 8. The van der Waals surface area contributed by atoms with Crippen LogP contribution in [-0.2, 0) is 28.6 Å². The van der Waals surface area contributed by atoms with Gasteiger partial charge in [-0.3, -0.25) is 14.4 Å². The van der Waals surface area contributed by atoms with E-state index in [0.29, 0.717) is 19.3 Å². The van der Waals surface area contributed by atoms with Crippen LogP contribution in [-0.4, -0.2) is 37.2 Å². The fraction of sp³-hybridized carbons (Fsp3) is 0.820. The largest absolute Gasteiger partial charge is 0.462 e. The lowest BCUT2D eigenvalue weighted by molar-refractivity contribution is -0.167. The van der Waals surface area contributed by atoms with E-state index in [0.717, 1.165) is 96.3 Å². The number of ether oxygens (including phenoxy) is 3. The Morgan fingerprint density at radius 1 is 0.313 bits per heavy atom. The minimum absolute atomic E-state index is 0.0770. The molecule has 0 radical (unpaired) electrons. The lowest BCUT2D eigenvalue weighted by atomic mass is 10.0. The fourth-order valence-electron chi connectivity index (χ4n) is 8.46. The molecule has 0 bridgehead atoms. The van der Waals surface area contributed by atoms with Crippen molar-refractivity contribution in [2.45, 2.75) is 309 Å². The molecular formula is C61H110O6. The van der Waals surface area contributed by atoms with Gasteiger partial charge in [-0.25, -0.2) is 0 Å². The van der Waals surface area contributed by atoms with Crippen LogP contribution in [0.1, 0.15) is 303 Å². The van der Waals surface area contributed by atoms with Gasteiger partial charge in [0.2, 0.25) is 0 Å². The first-order valence-corrected chi connectivity index (χ1v) is 29.1. The molecule has 0 saturated carbocycles. The van der Waals surface area contributed by atoms with E-state index >= 15 is 0 Å². The molecule has 0 aromatic heterocycles. The highest BCUT2D eigenvalue weighted by atomic mass is 16.6. The Morgan fingerprint density at radius 2 is 0.612 bits per heavy atom. The highest BCUT2D eigenvalue weighted by Gasteiger charge is 2.19. The third kappa shape index (κ3) is 54.2. The highest BCUT2D eigenvalue weighted by Crippen LogP contribution is 2.17. The van der Waals surface area contributed by atoms with Gasteiger partial charge in [0.05, 0.1) is 0 Å². The SMILES string of the molecule is CC/C=C\C/C=C\C/C=C\CCCCCCCCCC(=O)OC(COC(=O)CCCCCCC/C=C\CCC)COC(=O)CCCCCCCCCCCCCCCCCCCCCCCC. The molecule has 0 N–H and O–H groups in total. The van der Waals surface area contributed by atoms with Gasteiger partial charge in [0, 0.05) is 19.3 Å². The average molecular weight is 940 g/mol. The van der Waals surface area contributed by atoms with E-state index in [9.17, 15) is 14.4 Å². The molecule has 0 aliphatic carbocycles. The summed E-state index contributed by atoms with van der Waals surface area (Å²) in [4.78, 5) is 38.1. The number of unbranched alkanes of at least 4 members (excludes halogenated alkanes) is 34. The standard InChI is InChI=1S/C61H110O6/c1-4-7-10-13-16-19-22-24-26-28-29-30-31-32-34-35-37-39-42-45-48-51-54-60(63)66-57-58(56-65-59(62)53-50-47-44-41-21-18-15-12-9-6-3)67-61(64)55-52-49-46-43-40-38-36-33-27-25-23-20-17-14-11-8-5-2/h8,11-12,15,17,20,25,27,58H,4-7,9-10,13-14,16,18-19,21-24,26,28-57H2,1-3H3/b11-8-,15-12-,20-17-,27-25-. The van der Waals surface area contributed by atoms with Gasteiger partial charge in [0.1, 0.15) is 13.2 Å². The van der Waals surface area contributed by atoms with Crippen molar-refractivity contribution in [3.63, 3.8) is 0 Å². The van der Waals surface area contributed by atoms with E-state index in [2.05, 4.69) is 69.4 Å². The Morgan fingerprint density at radius 3 is 0.985 bits per heavy atom. The van der Waals surface area contributed by atoms with Crippen LogP contribution in [0.5, 0.6) is 0 Å². The molecule has 0 aliphatic heterocycles. The molecule has 390 valence electrons. The van der Waals surface area contributed by atoms with Crippen LogP contribution < -0.4 is 0 Å². The third-order valence-electron chi connectivity index (χ3n) is 12.8. The average Bonchev–Trinajstić information content (AvgIpc) is 3.33. The third-order valence-corrected chi connectivity index (χ3v) is 12.8. The van der Waals surface area contributed by atoms with Crippen LogP contribution >= 0.6 is 0 Å². The molecule has 0 saturated heterocycles. The second-order valence-corrected chi connectivity index (χ2v) is 19.5. The molecule has 1 unspecified atom stereocenters. The highest BCUT2D eigenvalue weighted by molar-refractivity contribution is 5.71. The predicted molar refractivity (Wildman–Crippen MR) is 289 cm³/mol. The van der Waals surface area contributed by atoms with Crippen molar-refractivity contribution >= 4 is 17.9 Å². The molecule has 0 spiro atoms. The zero-order valence-corrected chi connectivity index (χ0v) is 44.7. The molecule has 0 rings (SSSR count). The first kappa shape index (κ1) is 64.4. The Balaban J connectivity index is 4.24. The van der Waals surface area contributed by atoms with Crippen molar-refractivity contribution in [1.82, 2.24) is 0 Å². The molecule has 0 aromatic carbocycles. The maximum Gasteiger partial charge on any atom is 0.306 e. The van der Waals surface area contributed by atoms with Crippen LogP contribution in [0.3, 0.4) is 0 Å². The van der Waals surface area contributed by atoms with Crippen LogP contribution in [0.25, 0.3) is 0 Å². The van der Waals surface area contributed by atoms with Crippen LogP contribution in [0.15, 0.2) is 48.6 Å². The lowest BCUT2D eigenvalue weighted by Gasteiger charge is -2.18. The van der Waals surface area contributed by atoms with Crippen LogP contribution in [0, 0.1) is 0 Å². The van der Waals surface area contributed by atoms with Crippen LogP contribution in [0.4, 0.5) is 0 Å². The van der Waals surface area contributed by atoms with E-state index < -0.39 is 6.10 Å². The Labute approximate surface area is 416 Å². The van der Waals surface area contributed by atoms with Crippen molar-refractivity contribution < 1.29 is 28.6 Å². The normalized spacial score (nSPS) is 12.3. The number of hydrogen-bond acceptors (Lipinski definition) is 6. The summed E-state index contributed by atoms with van der Waals surface area (Å²) in [6.07, 6.45) is 68.3. The first-order valence-electron chi connectivity index (χ1n) is 29.1. The van der Waals surface area contributed by atoms with E-state index in [-0.39, 0.29) is 31.1 Å². The van der Waals surface area contributed by atoms with Crippen molar-refractivity contribution in [3.05, 3.63) is 48.6 Å². The zero-order valence-electron chi connectivity index (χ0n) is 44.7. The second kappa shape index (κ2) is 56.0. The van der Waals surface area contributed by atoms with Crippen molar-refractivity contribution in [2.75, 3.05) is 13.2 Å². The number of rotatable bonds is 53. The van der Waals surface area contributed by atoms with Gasteiger partial charge >= 0.3 is 17.9 Å². The molecule has 6 nitrogen and oxygen atoms in total. The Bertz CT molecular complexity index is 1170. The molecule has 0 heterocycles. The number of esters is 3. The Kier molecular flexibility index (Phi) is 53.8. The van der Waals surface area contributed by atoms with Gasteiger partial charge in [-0.1, -0.05) is 262 Å². The van der Waals surface area contributed by atoms with E-state index in [1.807, 2.05) is 0 Å². The molecule has 0 aromatic rings. The summed E-state index contributed by atoms with van der Waals surface area (Å²) in [5, 5.41) is 0. The van der Waals surface area contributed by atoms with Gasteiger partial charge in [-0.05, 0) is 70.6 Å². The van der Waals surface area contributed by atoms with Gasteiger partial charge in [0.15, 0.2) is 6.10 Å². The van der Waals surface area contributed by atoms with Gasteiger partial charge in [0.25, 0.3) is 0 Å². The summed E-state index contributed by atoms with van der Waals surface area (Å²) < 4.78 is 16.8. The summed E-state index contributed by atoms with van der Waals surface area (Å²) in [6, 6.07) is 0. The predicted octanol–water partition coefficient (Wildman–Crippen LogP) is 19.4. The molecule has 67 heavy (non-hydrogen) atoms. The van der Waals surface area contributed by atoms with Crippen LogP contribution in [0.2, 0.25) is 0 Å². The summed E-state index contributed by atoms with van der Waals surface area (Å²) >= 11 is 0. The minimum Gasteiger partial charge on any atom is -0.462 e. The quantitative estimate of drug-likeness (QED) is 0.0262. The molecule has 0 aliphatic rings. The Hall–Kier alpha value is -2.63. The van der Waals surface area contributed by atoms with Gasteiger partial charge in [-0.2, -0.15) is 0 Å². The maximum atomic E-state index is 12.8. The molecule has 6 heteroatoms. The minimum atomic E-state index is -0.779. The van der Waals surface area contributed by atoms with Crippen molar-refractivity contribution in [3.8, 4) is 0 Å². The van der Waals surface area contributed by atoms with Crippen molar-refractivity contribution in [1.29, 1.82) is 0 Å². The number of hydrogen-bond donors (Lipinski definition) is 0. The molecule has 0 fully saturated rings. The summed E-state index contributed by atoms with van der Waals surface area (Å²) in [7, 11) is 0. The van der Waals surface area contributed by atoms with E-state index in [1.165, 1.54) is 167 Å². The summed E-state index contributed by atoms with van der Waals surface area (Å²) in [5.74, 6) is -0.884. The van der Waals surface area contributed by atoms with Gasteiger partial charge in [-0.15, -0.1) is 0 Å². The summed E-state index contributed by atoms with van der Waals surface area (Å²) in [5.41, 5.74) is 0. The molecular weight excluding hydrogens is 829 g/mol. The van der Waals surface area contributed by atoms with E-state index in [1.54, 1.807) is 0 Å². The smallest absolute Gasteiger partial charge is 0.306 e. The monoisotopic (exact) mass is 939 g/mol. The maximum absolute atomic E-state index is 12.8. The second-order valence-electron chi connectivity index (χ2n) is 19.5. The first-order chi connectivity index (χ1) is 33.0. The number of carbonyl (C=O) groups is 3. The fourth-order valence-corrected chi connectivity index (χ4v) is 8.46. The molecule has 0 amide bonds. The molecule has 1 atom stereocenters. The summed E-state index contributed by atoms with van der Waals surface area (Å²) in [6.45, 7) is 6.49. The van der Waals surface area contributed by atoms with E-state index in [4.69, 9.17) is 14.2 Å². The van der Waals surface area contributed by atoms with Gasteiger partial charge < -0.3 is 14.2 Å².